The van der Waals surface area contributed by atoms with Crippen LogP contribution in [0.15, 0.2) is 36.4 Å². The van der Waals surface area contributed by atoms with Crippen LogP contribution in [-0.4, -0.2) is 37.0 Å². The van der Waals surface area contributed by atoms with Gasteiger partial charge in [0.05, 0.1) is 17.6 Å². The van der Waals surface area contributed by atoms with Crippen molar-refractivity contribution in [2.24, 2.45) is 5.92 Å². The Morgan fingerprint density at radius 2 is 1.93 bits per heavy atom. The molecule has 0 aliphatic carbocycles. The minimum atomic E-state index is -0.513. The lowest BCUT2D eigenvalue weighted by Crippen LogP contribution is -2.34. The van der Waals surface area contributed by atoms with Gasteiger partial charge in [-0.25, -0.2) is 4.79 Å². The predicted octanol–water partition coefficient (Wildman–Crippen LogP) is 4.18. The lowest BCUT2D eigenvalue weighted by Gasteiger charge is -2.32. The van der Waals surface area contributed by atoms with Crippen LogP contribution in [0.3, 0.4) is 0 Å². The molecule has 0 saturated carbocycles. The summed E-state index contributed by atoms with van der Waals surface area (Å²) in [6, 6.07) is 9.38. The van der Waals surface area contributed by atoms with Crippen LogP contribution in [0.4, 0.5) is 17.1 Å². The van der Waals surface area contributed by atoms with Crippen molar-refractivity contribution in [2.45, 2.75) is 26.7 Å². The van der Waals surface area contributed by atoms with E-state index in [1.165, 1.54) is 19.2 Å². The third-order valence-corrected chi connectivity index (χ3v) is 5.34. The van der Waals surface area contributed by atoms with Crippen LogP contribution in [-0.2, 0) is 4.74 Å². The van der Waals surface area contributed by atoms with E-state index in [0.29, 0.717) is 22.9 Å². The smallest absolute Gasteiger partial charge is 0.337 e. The van der Waals surface area contributed by atoms with Crippen molar-refractivity contribution in [1.82, 2.24) is 0 Å². The lowest BCUT2D eigenvalue weighted by atomic mass is 9.99. The van der Waals surface area contributed by atoms with Gasteiger partial charge in [0.2, 0.25) is 0 Å². The van der Waals surface area contributed by atoms with Gasteiger partial charge in [-0.3, -0.25) is 14.9 Å². The zero-order chi connectivity index (χ0) is 21.8. The number of methoxy groups -OCH3 is 1. The van der Waals surface area contributed by atoms with Crippen LogP contribution >= 0.6 is 0 Å². The minimum absolute atomic E-state index is 0.0863. The Hall–Kier alpha value is -3.42. The van der Waals surface area contributed by atoms with Crippen molar-refractivity contribution in [1.29, 1.82) is 0 Å². The van der Waals surface area contributed by atoms with E-state index in [0.717, 1.165) is 31.5 Å². The molecule has 1 atom stereocenters. The van der Waals surface area contributed by atoms with Gasteiger partial charge in [-0.1, -0.05) is 13.0 Å². The van der Waals surface area contributed by atoms with Crippen LogP contribution in [0.25, 0.3) is 0 Å². The number of benzene rings is 2. The van der Waals surface area contributed by atoms with Gasteiger partial charge >= 0.3 is 5.97 Å². The van der Waals surface area contributed by atoms with Gasteiger partial charge in [-0.2, -0.15) is 0 Å². The van der Waals surface area contributed by atoms with Crippen LogP contribution in [0.1, 0.15) is 46.0 Å². The molecule has 2 aromatic rings. The second kappa shape index (κ2) is 8.94. The van der Waals surface area contributed by atoms with E-state index in [1.54, 1.807) is 31.2 Å². The predicted molar refractivity (Wildman–Crippen MR) is 114 cm³/mol. The van der Waals surface area contributed by atoms with Gasteiger partial charge in [-0.15, -0.1) is 0 Å². The molecule has 30 heavy (non-hydrogen) atoms. The van der Waals surface area contributed by atoms with E-state index < -0.39 is 16.8 Å². The summed E-state index contributed by atoms with van der Waals surface area (Å²) in [5.74, 6) is -0.533. The number of esters is 1. The Labute approximate surface area is 175 Å². The van der Waals surface area contributed by atoms with Crippen molar-refractivity contribution in [2.75, 3.05) is 30.4 Å². The van der Waals surface area contributed by atoms with Crippen molar-refractivity contribution in [3.05, 3.63) is 63.2 Å². The molecule has 1 saturated heterocycles. The lowest BCUT2D eigenvalue weighted by molar-refractivity contribution is -0.384. The first kappa shape index (κ1) is 21.3. The summed E-state index contributed by atoms with van der Waals surface area (Å²) in [6.07, 6.45) is 2.09. The van der Waals surface area contributed by atoms with E-state index in [4.69, 9.17) is 4.74 Å². The molecule has 158 valence electrons. The normalized spacial score (nSPS) is 16.1. The fraction of sp³-hybridized carbons (Fsp3) is 0.364. The molecule has 8 heteroatoms. The zero-order valence-electron chi connectivity index (χ0n) is 17.3. The number of amides is 1. The van der Waals surface area contributed by atoms with Gasteiger partial charge in [0.25, 0.3) is 11.6 Å². The number of anilines is 2. The summed E-state index contributed by atoms with van der Waals surface area (Å²) in [6.45, 7) is 5.44. The third kappa shape index (κ3) is 4.59. The molecule has 2 aromatic carbocycles. The molecule has 1 fully saturated rings. The van der Waals surface area contributed by atoms with Gasteiger partial charge in [-0.05, 0) is 55.5 Å². The highest BCUT2D eigenvalue weighted by molar-refractivity contribution is 6.06. The van der Waals surface area contributed by atoms with Gasteiger partial charge in [0.1, 0.15) is 5.69 Å². The summed E-state index contributed by atoms with van der Waals surface area (Å²) in [5, 5.41) is 14.4. The zero-order valence-corrected chi connectivity index (χ0v) is 17.3. The molecule has 1 aliphatic rings. The first-order valence-electron chi connectivity index (χ1n) is 9.84. The number of piperidine rings is 1. The van der Waals surface area contributed by atoms with E-state index in [1.807, 2.05) is 4.90 Å². The number of ether oxygens (including phenoxy) is 1. The summed E-state index contributed by atoms with van der Waals surface area (Å²) in [7, 11) is 1.28. The summed E-state index contributed by atoms with van der Waals surface area (Å²) in [5.41, 5.74) is 2.13. The van der Waals surface area contributed by atoms with Crippen LogP contribution in [0, 0.1) is 23.0 Å². The van der Waals surface area contributed by atoms with E-state index in [-0.39, 0.29) is 11.3 Å². The summed E-state index contributed by atoms with van der Waals surface area (Å²) in [4.78, 5) is 37.8. The van der Waals surface area contributed by atoms with E-state index in [2.05, 4.69) is 12.2 Å². The van der Waals surface area contributed by atoms with Gasteiger partial charge in [0, 0.05) is 30.4 Å². The highest BCUT2D eigenvalue weighted by Gasteiger charge is 2.25. The summed E-state index contributed by atoms with van der Waals surface area (Å²) < 4.78 is 4.71. The maximum absolute atomic E-state index is 12.8. The number of carbonyl (C=O) groups excluding carboxylic acids is 2. The fourth-order valence-corrected chi connectivity index (χ4v) is 3.68. The topological polar surface area (TPSA) is 102 Å². The second-order valence-electron chi connectivity index (χ2n) is 7.63. The molecular weight excluding hydrogens is 386 g/mol. The van der Waals surface area contributed by atoms with E-state index in [9.17, 15) is 19.7 Å². The Balaban J connectivity index is 1.87. The molecule has 1 aliphatic heterocycles. The molecule has 0 radical (unpaired) electrons. The Morgan fingerprint density at radius 1 is 1.20 bits per heavy atom. The third-order valence-electron chi connectivity index (χ3n) is 5.34. The molecule has 1 N–H and O–H groups in total. The maximum Gasteiger partial charge on any atom is 0.337 e. The highest BCUT2D eigenvalue weighted by atomic mass is 16.6. The molecule has 0 aromatic heterocycles. The van der Waals surface area contributed by atoms with Crippen LogP contribution in [0.5, 0.6) is 0 Å². The largest absolute Gasteiger partial charge is 0.465 e. The number of rotatable bonds is 5. The average molecular weight is 411 g/mol. The number of hydrogen-bond acceptors (Lipinski definition) is 6. The molecule has 1 heterocycles. The first-order valence-corrected chi connectivity index (χ1v) is 9.84. The number of nitro benzene ring substituents is 1. The molecule has 0 unspecified atom stereocenters. The SMILES string of the molecule is COC(=O)c1ccc(C)c(NC(=O)c2ccc(N3CCC[C@@H](C)C3)c([N+](=O)[O-])c2)c1. The molecule has 0 spiro atoms. The van der Waals surface area contributed by atoms with Crippen LogP contribution < -0.4 is 10.2 Å². The number of carbonyl (C=O) groups is 2. The Bertz CT molecular complexity index is 989. The van der Waals surface area contributed by atoms with Crippen molar-refractivity contribution >= 4 is 28.9 Å². The molecule has 0 bridgehead atoms. The molecule has 1 amide bonds. The molecule has 8 nitrogen and oxygen atoms in total. The maximum atomic E-state index is 12.8. The number of nitrogens with zero attached hydrogens (tertiary/aromatic N) is 2. The Kier molecular flexibility index (Phi) is 6.34. The van der Waals surface area contributed by atoms with E-state index >= 15 is 0 Å². The standard InChI is InChI=1S/C22H25N3O5/c1-14-5-4-10-24(13-14)19-9-8-16(12-20(19)25(28)29)21(26)23-18-11-17(22(27)30-3)7-6-15(18)2/h6-9,11-12,14H,4-5,10,13H2,1-3H3,(H,23,26)/t14-/m1/s1. The highest BCUT2D eigenvalue weighted by Crippen LogP contribution is 2.32. The first-order chi connectivity index (χ1) is 14.3. The molecule has 3 rings (SSSR count). The molecular formula is C22H25N3O5. The number of nitro groups is 1. The quantitative estimate of drug-likeness (QED) is 0.450. The number of hydrogen-bond donors (Lipinski definition) is 1. The van der Waals surface area contributed by atoms with Crippen LogP contribution in [0.2, 0.25) is 0 Å². The average Bonchev–Trinajstić information content (AvgIpc) is 2.74. The monoisotopic (exact) mass is 411 g/mol. The van der Waals surface area contributed by atoms with Crippen molar-refractivity contribution in [3.8, 4) is 0 Å². The van der Waals surface area contributed by atoms with Gasteiger partial charge in [0.15, 0.2) is 0 Å². The van der Waals surface area contributed by atoms with Crippen molar-refractivity contribution < 1.29 is 19.2 Å². The summed E-state index contributed by atoms with van der Waals surface area (Å²) >= 11 is 0. The number of aryl methyl sites for hydroxylation is 1. The second-order valence-corrected chi connectivity index (χ2v) is 7.63. The van der Waals surface area contributed by atoms with Gasteiger partial charge < -0.3 is 15.0 Å². The fourth-order valence-electron chi connectivity index (χ4n) is 3.68. The Morgan fingerprint density at radius 3 is 2.60 bits per heavy atom. The number of nitrogens with one attached hydrogen (secondary N) is 1. The van der Waals surface area contributed by atoms with Crippen molar-refractivity contribution in [3.63, 3.8) is 0 Å². The minimum Gasteiger partial charge on any atom is -0.465 e.